The van der Waals surface area contributed by atoms with E-state index < -0.39 is 0 Å². The van der Waals surface area contributed by atoms with E-state index in [4.69, 9.17) is 16.3 Å². The highest BCUT2D eigenvalue weighted by Crippen LogP contribution is 2.21. The Hall–Kier alpha value is -1.87. The number of halogens is 1. The van der Waals surface area contributed by atoms with Crippen molar-refractivity contribution in [3.63, 3.8) is 0 Å². The van der Waals surface area contributed by atoms with E-state index >= 15 is 0 Å². The Bertz CT molecular complexity index is 566. The SMILES string of the molecule is CC(Cl)=CCOC1=CC(=O)c2ccccc2C1=O. The van der Waals surface area contributed by atoms with Crippen LogP contribution < -0.4 is 0 Å². The van der Waals surface area contributed by atoms with Crippen LogP contribution in [0.15, 0.2) is 47.2 Å². The Morgan fingerprint density at radius 3 is 2.61 bits per heavy atom. The third kappa shape index (κ3) is 2.51. The summed E-state index contributed by atoms with van der Waals surface area (Å²) in [6.07, 6.45) is 2.85. The average molecular weight is 263 g/mol. The molecular weight excluding hydrogens is 252 g/mol. The van der Waals surface area contributed by atoms with Crippen LogP contribution >= 0.6 is 11.6 Å². The molecule has 1 aromatic rings. The van der Waals surface area contributed by atoms with Crippen molar-refractivity contribution in [1.82, 2.24) is 0 Å². The molecule has 1 aliphatic carbocycles. The van der Waals surface area contributed by atoms with Crippen molar-refractivity contribution in [3.05, 3.63) is 58.3 Å². The fourth-order valence-electron chi connectivity index (χ4n) is 1.64. The molecule has 0 atom stereocenters. The van der Waals surface area contributed by atoms with Gasteiger partial charge < -0.3 is 4.74 Å². The molecule has 1 aliphatic rings. The van der Waals surface area contributed by atoms with Crippen LogP contribution in [-0.4, -0.2) is 18.2 Å². The van der Waals surface area contributed by atoms with Crippen molar-refractivity contribution in [3.8, 4) is 0 Å². The molecule has 0 radical (unpaired) electrons. The molecule has 1 aromatic carbocycles. The zero-order valence-corrected chi connectivity index (χ0v) is 10.5. The maximum atomic E-state index is 12.0. The van der Waals surface area contributed by atoms with Crippen LogP contribution in [0.4, 0.5) is 0 Å². The van der Waals surface area contributed by atoms with Gasteiger partial charge in [0.2, 0.25) is 5.78 Å². The lowest BCUT2D eigenvalue weighted by molar-refractivity contribution is 0.0900. The van der Waals surface area contributed by atoms with Crippen LogP contribution in [0.25, 0.3) is 0 Å². The molecule has 18 heavy (non-hydrogen) atoms. The third-order valence-corrected chi connectivity index (χ3v) is 2.68. The van der Waals surface area contributed by atoms with E-state index in [0.717, 1.165) is 0 Å². The summed E-state index contributed by atoms with van der Waals surface area (Å²) in [5, 5.41) is 0.575. The van der Waals surface area contributed by atoms with Crippen molar-refractivity contribution in [1.29, 1.82) is 0 Å². The molecular formula is C14H11ClO3. The Morgan fingerprint density at radius 2 is 1.94 bits per heavy atom. The lowest BCUT2D eigenvalue weighted by Crippen LogP contribution is -2.18. The fraction of sp³-hybridized carbons (Fsp3) is 0.143. The van der Waals surface area contributed by atoms with Crippen molar-refractivity contribution >= 4 is 23.2 Å². The number of fused-ring (bicyclic) bond motifs is 1. The standard InChI is InChI=1S/C14H11ClO3/c1-9(15)6-7-18-13-8-12(16)10-4-2-3-5-11(10)14(13)17/h2-6,8H,7H2,1H3. The van der Waals surface area contributed by atoms with Crippen molar-refractivity contribution < 1.29 is 14.3 Å². The quantitative estimate of drug-likeness (QED) is 0.841. The zero-order chi connectivity index (χ0) is 13.1. The van der Waals surface area contributed by atoms with Crippen LogP contribution in [0.5, 0.6) is 0 Å². The van der Waals surface area contributed by atoms with E-state index in [9.17, 15) is 9.59 Å². The molecule has 0 fully saturated rings. The molecule has 0 saturated carbocycles. The van der Waals surface area contributed by atoms with Crippen molar-refractivity contribution in [2.45, 2.75) is 6.92 Å². The molecule has 0 amide bonds. The normalized spacial score (nSPS) is 15.2. The summed E-state index contributed by atoms with van der Waals surface area (Å²) in [7, 11) is 0. The molecule has 0 N–H and O–H groups in total. The second-order valence-corrected chi connectivity index (χ2v) is 4.45. The maximum absolute atomic E-state index is 12.0. The van der Waals surface area contributed by atoms with Crippen LogP contribution in [0, 0.1) is 0 Å². The summed E-state index contributed by atoms with van der Waals surface area (Å²) in [6.45, 7) is 1.88. The predicted molar refractivity (Wildman–Crippen MR) is 68.7 cm³/mol. The molecule has 0 spiro atoms. The molecule has 0 aliphatic heterocycles. The lowest BCUT2D eigenvalue weighted by atomic mass is 9.94. The number of benzene rings is 1. The Balaban J connectivity index is 2.23. The Kier molecular flexibility index (Phi) is 3.63. The van der Waals surface area contributed by atoms with E-state index in [1.165, 1.54) is 6.08 Å². The first-order valence-corrected chi connectivity index (χ1v) is 5.82. The highest BCUT2D eigenvalue weighted by Gasteiger charge is 2.25. The smallest absolute Gasteiger partial charge is 0.228 e. The predicted octanol–water partition coefficient (Wildman–Crippen LogP) is 3.11. The van der Waals surface area contributed by atoms with Crippen molar-refractivity contribution in [2.24, 2.45) is 0 Å². The van der Waals surface area contributed by atoms with Gasteiger partial charge in [0.15, 0.2) is 11.5 Å². The molecule has 3 nitrogen and oxygen atoms in total. The van der Waals surface area contributed by atoms with Crippen LogP contribution in [0.2, 0.25) is 0 Å². The first-order chi connectivity index (χ1) is 8.59. The van der Waals surface area contributed by atoms with Crippen LogP contribution in [0.1, 0.15) is 27.6 Å². The Labute approximate surface area is 110 Å². The number of carbonyl (C=O) groups excluding carboxylic acids is 2. The molecule has 2 rings (SSSR count). The molecule has 92 valence electrons. The number of rotatable bonds is 3. The monoisotopic (exact) mass is 262 g/mol. The minimum atomic E-state index is -0.272. The van der Waals surface area contributed by atoms with Gasteiger partial charge in [-0.15, -0.1) is 0 Å². The van der Waals surface area contributed by atoms with E-state index in [1.807, 2.05) is 0 Å². The fourth-order valence-corrected chi connectivity index (χ4v) is 1.71. The van der Waals surface area contributed by atoms with Gasteiger partial charge in [0.25, 0.3) is 0 Å². The minimum absolute atomic E-state index is 0.0628. The van der Waals surface area contributed by atoms with E-state index in [1.54, 1.807) is 37.3 Å². The number of Topliss-reactive ketones (excluding diaryl/α,β-unsaturated/α-hetero) is 1. The van der Waals surface area contributed by atoms with E-state index in [0.29, 0.717) is 16.2 Å². The summed E-state index contributed by atoms with van der Waals surface area (Å²) in [4.78, 5) is 23.8. The van der Waals surface area contributed by atoms with Gasteiger partial charge in [0.1, 0.15) is 6.61 Å². The topological polar surface area (TPSA) is 43.4 Å². The third-order valence-electron chi connectivity index (χ3n) is 2.53. The molecule has 0 bridgehead atoms. The van der Waals surface area contributed by atoms with Gasteiger partial charge in [-0.25, -0.2) is 0 Å². The van der Waals surface area contributed by atoms with E-state index in [2.05, 4.69) is 0 Å². The minimum Gasteiger partial charge on any atom is -0.485 e. The zero-order valence-electron chi connectivity index (χ0n) is 9.77. The Morgan fingerprint density at radius 1 is 1.28 bits per heavy atom. The molecule has 0 aromatic heterocycles. The van der Waals surface area contributed by atoms with Gasteiger partial charge in [-0.05, 0) is 13.0 Å². The van der Waals surface area contributed by atoms with Crippen LogP contribution in [0.3, 0.4) is 0 Å². The maximum Gasteiger partial charge on any atom is 0.228 e. The molecule has 0 saturated heterocycles. The van der Waals surface area contributed by atoms with Gasteiger partial charge in [0, 0.05) is 22.2 Å². The second kappa shape index (κ2) is 5.19. The number of carbonyl (C=O) groups is 2. The number of hydrogen-bond donors (Lipinski definition) is 0. The highest BCUT2D eigenvalue weighted by molar-refractivity contribution is 6.29. The number of hydrogen-bond acceptors (Lipinski definition) is 3. The summed E-state index contributed by atoms with van der Waals surface area (Å²) in [5.41, 5.74) is 0.797. The second-order valence-electron chi connectivity index (χ2n) is 3.85. The number of ether oxygens (including phenoxy) is 1. The number of ketones is 2. The lowest BCUT2D eigenvalue weighted by Gasteiger charge is -2.14. The summed E-state index contributed by atoms with van der Waals surface area (Å²) >= 11 is 5.65. The average Bonchev–Trinajstić information content (AvgIpc) is 2.35. The van der Waals surface area contributed by atoms with Crippen molar-refractivity contribution in [2.75, 3.05) is 6.61 Å². The summed E-state index contributed by atoms with van der Waals surface area (Å²) < 4.78 is 5.26. The molecule has 0 heterocycles. The first kappa shape index (κ1) is 12.6. The first-order valence-electron chi connectivity index (χ1n) is 5.44. The van der Waals surface area contributed by atoms with Gasteiger partial charge in [-0.3, -0.25) is 9.59 Å². The van der Waals surface area contributed by atoms with Gasteiger partial charge >= 0.3 is 0 Å². The van der Waals surface area contributed by atoms with Gasteiger partial charge in [-0.1, -0.05) is 35.9 Å². The van der Waals surface area contributed by atoms with Gasteiger partial charge in [0.05, 0.1) is 0 Å². The van der Waals surface area contributed by atoms with Gasteiger partial charge in [-0.2, -0.15) is 0 Å². The highest BCUT2D eigenvalue weighted by atomic mass is 35.5. The summed E-state index contributed by atoms with van der Waals surface area (Å²) in [5.74, 6) is -0.425. The molecule has 0 unspecified atom stereocenters. The molecule has 4 heteroatoms. The van der Waals surface area contributed by atoms with E-state index in [-0.39, 0.29) is 23.9 Å². The van der Waals surface area contributed by atoms with Crippen LogP contribution in [-0.2, 0) is 4.74 Å². The summed E-state index contributed by atoms with van der Waals surface area (Å²) in [6, 6.07) is 6.69. The largest absolute Gasteiger partial charge is 0.485 e. The number of allylic oxidation sites excluding steroid dienone is 3.